The van der Waals surface area contributed by atoms with Gasteiger partial charge >= 0.3 is 0 Å². The second-order valence-electron chi connectivity index (χ2n) is 1.77. The van der Waals surface area contributed by atoms with Crippen LogP contribution in [-0.2, 0) is 0 Å². The lowest BCUT2D eigenvalue weighted by Gasteiger charge is -1.81. The minimum absolute atomic E-state index is 0.536. The van der Waals surface area contributed by atoms with Crippen molar-refractivity contribution in [2.45, 2.75) is 0 Å². The Morgan fingerprint density at radius 3 is 3.20 bits per heavy atom. The highest BCUT2D eigenvalue weighted by molar-refractivity contribution is 5.48. The molecule has 0 aromatic carbocycles. The summed E-state index contributed by atoms with van der Waals surface area (Å²) in [4.78, 5) is 3.81. The van der Waals surface area contributed by atoms with E-state index in [2.05, 4.69) is 21.4 Å². The van der Waals surface area contributed by atoms with E-state index in [4.69, 9.17) is 4.42 Å². The summed E-state index contributed by atoms with van der Waals surface area (Å²) in [7, 11) is 0. The first-order valence-electron chi connectivity index (χ1n) is 2.77. The van der Waals surface area contributed by atoms with Crippen LogP contribution < -0.4 is 0 Å². The Balaban J connectivity index is 2.48. The van der Waals surface area contributed by atoms with Crippen molar-refractivity contribution in [3.05, 3.63) is 24.9 Å². The summed E-state index contributed by atoms with van der Waals surface area (Å²) >= 11 is 0. The topological polar surface area (TPSA) is 54.7 Å². The molecule has 0 atom stereocenters. The average Bonchev–Trinajstić information content (AvgIpc) is 2.59. The molecule has 0 bridgehead atoms. The summed E-state index contributed by atoms with van der Waals surface area (Å²) in [5.41, 5.74) is 0.834. The van der Waals surface area contributed by atoms with Crippen LogP contribution in [0.1, 0.15) is 0 Å². The van der Waals surface area contributed by atoms with Crippen molar-refractivity contribution in [1.82, 2.24) is 15.2 Å². The van der Waals surface area contributed by atoms with Gasteiger partial charge in [0.05, 0.1) is 11.8 Å². The molecule has 0 unspecified atom stereocenters. The van der Waals surface area contributed by atoms with Crippen LogP contribution in [0.2, 0.25) is 0 Å². The maximum absolute atomic E-state index is 4.95. The molecule has 0 aliphatic rings. The van der Waals surface area contributed by atoms with Gasteiger partial charge in [0.2, 0.25) is 5.89 Å². The summed E-state index contributed by atoms with van der Waals surface area (Å²) in [6.45, 7) is 0. The Hall–Kier alpha value is -1.58. The van der Waals surface area contributed by atoms with Crippen molar-refractivity contribution in [3.8, 4) is 11.5 Å². The first-order chi connectivity index (χ1) is 4.97. The number of aromatic nitrogens is 3. The first-order valence-corrected chi connectivity index (χ1v) is 2.77. The summed E-state index contributed by atoms with van der Waals surface area (Å²) < 4.78 is 4.95. The summed E-state index contributed by atoms with van der Waals surface area (Å²) in [6, 6.07) is 0. The molecule has 49 valence electrons. The highest BCUT2D eigenvalue weighted by Crippen LogP contribution is 2.12. The lowest BCUT2D eigenvalue weighted by Crippen LogP contribution is -1.69. The van der Waals surface area contributed by atoms with Gasteiger partial charge in [0.1, 0.15) is 12.5 Å². The molecule has 0 saturated carbocycles. The van der Waals surface area contributed by atoms with Crippen LogP contribution in [0, 0.1) is 6.20 Å². The molecule has 4 nitrogen and oxygen atoms in total. The van der Waals surface area contributed by atoms with E-state index in [0.717, 1.165) is 5.56 Å². The van der Waals surface area contributed by atoms with Gasteiger partial charge in [-0.15, -0.1) is 0 Å². The number of hydrogen-bond acceptors (Lipinski definition) is 3. The smallest absolute Gasteiger partial charge is 0.229 e. The quantitative estimate of drug-likeness (QED) is 0.629. The summed E-state index contributed by atoms with van der Waals surface area (Å²) in [5, 5.41) is 6.39. The number of hydrogen-bond donors (Lipinski definition) is 1. The molecule has 4 heteroatoms. The fourth-order valence-electron chi connectivity index (χ4n) is 0.694. The number of nitrogens with zero attached hydrogens (tertiary/aromatic N) is 2. The maximum atomic E-state index is 4.95. The largest absolute Gasteiger partial charge is 0.444 e. The molecule has 2 aromatic rings. The predicted molar refractivity (Wildman–Crippen MR) is 32.9 cm³/mol. The molecule has 1 N–H and O–H groups in total. The van der Waals surface area contributed by atoms with Gasteiger partial charge in [-0.05, 0) is 0 Å². The van der Waals surface area contributed by atoms with Gasteiger partial charge in [0.15, 0.2) is 0 Å². The van der Waals surface area contributed by atoms with E-state index in [1.807, 2.05) is 0 Å². The van der Waals surface area contributed by atoms with Gasteiger partial charge in [0, 0.05) is 6.20 Å². The van der Waals surface area contributed by atoms with Crippen LogP contribution in [0.25, 0.3) is 11.5 Å². The monoisotopic (exact) mass is 134 g/mol. The number of oxazole rings is 1. The molecule has 1 radical (unpaired) electrons. The normalized spacial score (nSPS) is 10.0. The van der Waals surface area contributed by atoms with E-state index in [1.165, 1.54) is 6.26 Å². The molecule has 0 spiro atoms. The fourth-order valence-corrected chi connectivity index (χ4v) is 0.694. The number of nitrogens with one attached hydrogen (secondary N) is 1. The van der Waals surface area contributed by atoms with Gasteiger partial charge < -0.3 is 4.42 Å². The third-order valence-electron chi connectivity index (χ3n) is 1.13. The van der Waals surface area contributed by atoms with Crippen LogP contribution in [0.3, 0.4) is 0 Å². The van der Waals surface area contributed by atoms with Crippen LogP contribution in [0.4, 0.5) is 0 Å². The lowest BCUT2D eigenvalue weighted by atomic mass is 10.4. The molecular weight excluding hydrogens is 130 g/mol. The van der Waals surface area contributed by atoms with Crippen LogP contribution in [-0.4, -0.2) is 15.2 Å². The molecule has 0 fully saturated rings. The molecule has 2 rings (SSSR count). The van der Waals surface area contributed by atoms with E-state index in [9.17, 15) is 0 Å². The van der Waals surface area contributed by atoms with Crippen molar-refractivity contribution in [2.24, 2.45) is 0 Å². The van der Waals surface area contributed by atoms with Crippen LogP contribution in [0.5, 0.6) is 0 Å². The van der Waals surface area contributed by atoms with Crippen molar-refractivity contribution in [1.29, 1.82) is 0 Å². The zero-order chi connectivity index (χ0) is 6.81. The molecule has 0 aliphatic carbocycles. The van der Waals surface area contributed by atoms with E-state index in [-0.39, 0.29) is 0 Å². The highest BCUT2D eigenvalue weighted by Gasteiger charge is 2.00. The van der Waals surface area contributed by atoms with E-state index in [1.54, 1.807) is 12.4 Å². The van der Waals surface area contributed by atoms with Crippen molar-refractivity contribution in [3.63, 3.8) is 0 Å². The van der Waals surface area contributed by atoms with E-state index in [0.29, 0.717) is 5.89 Å². The fraction of sp³-hybridized carbons (Fsp3) is 0. The minimum atomic E-state index is 0.536. The Kier molecular flexibility index (Phi) is 1.04. The zero-order valence-electron chi connectivity index (χ0n) is 5.03. The Bertz CT molecular complexity index is 252. The lowest BCUT2D eigenvalue weighted by molar-refractivity contribution is 0.574. The SMILES string of the molecule is [c]1coc(-c2cn[nH]c2)n1. The second kappa shape index (κ2) is 1.98. The highest BCUT2D eigenvalue weighted by atomic mass is 16.3. The van der Waals surface area contributed by atoms with Gasteiger partial charge in [0.25, 0.3) is 0 Å². The molecule has 2 aromatic heterocycles. The molecule has 10 heavy (non-hydrogen) atoms. The predicted octanol–water partition coefficient (Wildman–Crippen LogP) is 0.865. The first kappa shape index (κ1) is 5.22. The Labute approximate surface area is 56.9 Å². The average molecular weight is 134 g/mol. The van der Waals surface area contributed by atoms with Gasteiger partial charge in [-0.2, -0.15) is 5.10 Å². The Morgan fingerprint density at radius 1 is 1.60 bits per heavy atom. The van der Waals surface area contributed by atoms with Gasteiger partial charge in [-0.1, -0.05) is 0 Å². The number of aromatic amines is 1. The standard InChI is InChI=1S/C6H4N3O/c1-2-10-6(7-1)5-3-8-9-4-5/h2-4H,(H,8,9). The molecular formula is C6H4N3O. The Morgan fingerprint density at radius 2 is 2.60 bits per heavy atom. The molecule has 2 heterocycles. The summed E-state index contributed by atoms with van der Waals surface area (Å²) in [5.74, 6) is 0.536. The minimum Gasteiger partial charge on any atom is -0.444 e. The molecule has 0 saturated heterocycles. The zero-order valence-corrected chi connectivity index (χ0v) is 5.03. The van der Waals surface area contributed by atoms with Crippen LogP contribution >= 0.6 is 0 Å². The van der Waals surface area contributed by atoms with E-state index < -0.39 is 0 Å². The second-order valence-corrected chi connectivity index (χ2v) is 1.77. The van der Waals surface area contributed by atoms with Crippen molar-refractivity contribution in [2.75, 3.05) is 0 Å². The van der Waals surface area contributed by atoms with Crippen molar-refractivity contribution >= 4 is 0 Å². The van der Waals surface area contributed by atoms with E-state index >= 15 is 0 Å². The van der Waals surface area contributed by atoms with Gasteiger partial charge in [-0.3, -0.25) is 5.10 Å². The third-order valence-corrected chi connectivity index (χ3v) is 1.13. The third kappa shape index (κ3) is 0.699. The van der Waals surface area contributed by atoms with Crippen LogP contribution in [0.15, 0.2) is 23.1 Å². The molecule has 0 aliphatic heterocycles. The summed E-state index contributed by atoms with van der Waals surface area (Å²) in [6.07, 6.45) is 7.31. The molecule has 0 amide bonds. The van der Waals surface area contributed by atoms with Crippen molar-refractivity contribution < 1.29 is 4.42 Å². The maximum Gasteiger partial charge on any atom is 0.229 e. The van der Waals surface area contributed by atoms with Gasteiger partial charge in [-0.25, -0.2) is 4.98 Å². The number of rotatable bonds is 1. The number of H-pyrrole nitrogens is 1.